The first-order chi connectivity index (χ1) is 7.76. The summed E-state index contributed by atoms with van der Waals surface area (Å²) >= 11 is 0. The third-order valence-corrected chi connectivity index (χ3v) is 1.92. The molecule has 6 heteroatoms. The molecular weight excluding hydrogens is 329 g/mol. The first-order valence-electron chi connectivity index (χ1n) is 5.57. The predicted molar refractivity (Wildman–Crippen MR) is 80.7 cm³/mol. The van der Waals surface area contributed by atoms with E-state index in [1.54, 1.807) is 6.20 Å². The molecule has 0 aliphatic carbocycles. The molecule has 1 rings (SSSR count). The van der Waals surface area contributed by atoms with E-state index in [4.69, 9.17) is 0 Å². The Labute approximate surface area is 120 Å². The van der Waals surface area contributed by atoms with Gasteiger partial charge >= 0.3 is 0 Å². The summed E-state index contributed by atoms with van der Waals surface area (Å²) in [7, 11) is 0. The van der Waals surface area contributed by atoms with E-state index in [2.05, 4.69) is 25.6 Å². The van der Waals surface area contributed by atoms with Crippen molar-refractivity contribution in [2.75, 3.05) is 13.1 Å². The third kappa shape index (κ3) is 6.40. The molecule has 17 heavy (non-hydrogen) atoms. The molecule has 5 nitrogen and oxygen atoms in total. The van der Waals surface area contributed by atoms with Crippen molar-refractivity contribution in [1.29, 1.82) is 0 Å². The monoisotopic (exact) mass is 349 g/mol. The number of nitrogens with one attached hydrogen (secondary N) is 2. The van der Waals surface area contributed by atoms with E-state index >= 15 is 0 Å². The highest BCUT2D eigenvalue weighted by atomic mass is 127. The van der Waals surface area contributed by atoms with Crippen LogP contribution in [0.4, 0.5) is 0 Å². The topological polar surface area (TPSA) is 62.2 Å². The van der Waals surface area contributed by atoms with Crippen molar-refractivity contribution in [1.82, 2.24) is 20.6 Å². The van der Waals surface area contributed by atoms with Gasteiger partial charge in [-0.25, -0.2) is 15.0 Å². The van der Waals surface area contributed by atoms with Crippen LogP contribution in [0.15, 0.2) is 17.3 Å². The van der Waals surface area contributed by atoms with Crippen LogP contribution in [0.1, 0.15) is 25.4 Å². The molecule has 0 saturated carbocycles. The van der Waals surface area contributed by atoms with Gasteiger partial charge in [-0.05, 0) is 26.8 Å². The second kappa shape index (κ2) is 9.15. The standard InChI is InChI=1S/C11H19N5.HI/c1-4-12-11(13-5-2)15-8-10-6-7-14-9(3)16-10;/h6-7H,4-5,8H2,1-3H3,(H2,12,13,15);1H. The molecule has 0 amide bonds. The maximum absolute atomic E-state index is 4.42. The summed E-state index contributed by atoms with van der Waals surface area (Å²) < 4.78 is 0. The smallest absolute Gasteiger partial charge is 0.191 e. The SMILES string of the molecule is CCNC(=NCc1ccnc(C)n1)NCC.I. The highest BCUT2D eigenvalue weighted by Crippen LogP contribution is 1.96. The summed E-state index contributed by atoms with van der Waals surface area (Å²) in [5.41, 5.74) is 0.931. The largest absolute Gasteiger partial charge is 0.357 e. The van der Waals surface area contributed by atoms with Crippen LogP contribution in [0, 0.1) is 6.92 Å². The predicted octanol–water partition coefficient (Wildman–Crippen LogP) is 1.48. The Kier molecular flexibility index (Phi) is 8.65. The second-order valence-corrected chi connectivity index (χ2v) is 3.32. The normalized spacial score (nSPS) is 9.12. The van der Waals surface area contributed by atoms with Crippen molar-refractivity contribution in [2.45, 2.75) is 27.3 Å². The van der Waals surface area contributed by atoms with Gasteiger partial charge in [0, 0.05) is 19.3 Å². The summed E-state index contributed by atoms with van der Waals surface area (Å²) in [5.74, 6) is 1.60. The number of hydrogen-bond acceptors (Lipinski definition) is 3. The summed E-state index contributed by atoms with van der Waals surface area (Å²) in [5, 5.41) is 6.33. The average Bonchev–Trinajstić information content (AvgIpc) is 2.27. The van der Waals surface area contributed by atoms with Gasteiger partial charge in [0.25, 0.3) is 0 Å². The molecular formula is C11H20IN5. The summed E-state index contributed by atoms with van der Waals surface area (Å²) in [6.07, 6.45) is 1.76. The molecule has 0 spiro atoms. The Morgan fingerprint density at radius 2 is 1.94 bits per heavy atom. The lowest BCUT2D eigenvalue weighted by Crippen LogP contribution is -2.37. The molecule has 1 aromatic heterocycles. The van der Waals surface area contributed by atoms with Gasteiger partial charge in [-0.15, -0.1) is 24.0 Å². The van der Waals surface area contributed by atoms with Crippen molar-refractivity contribution < 1.29 is 0 Å². The number of halogens is 1. The molecule has 0 bridgehead atoms. The Balaban J connectivity index is 0.00000256. The highest BCUT2D eigenvalue weighted by Gasteiger charge is 1.97. The van der Waals surface area contributed by atoms with Crippen LogP contribution in [-0.2, 0) is 6.54 Å². The van der Waals surface area contributed by atoms with Gasteiger partial charge in [0.2, 0.25) is 0 Å². The van der Waals surface area contributed by atoms with Crippen molar-refractivity contribution in [2.24, 2.45) is 4.99 Å². The molecule has 0 aromatic carbocycles. The summed E-state index contributed by atoms with van der Waals surface area (Å²) in [4.78, 5) is 12.8. The van der Waals surface area contributed by atoms with Gasteiger partial charge in [0.1, 0.15) is 5.82 Å². The molecule has 0 unspecified atom stereocenters. The van der Waals surface area contributed by atoms with E-state index in [0.29, 0.717) is 6.54 Å². The maximum Gasteiger partial charge on any atom is 0.191 e. The van der Waals surface area contributed by atoms with Crippen LogP contribution in [0.3, 0.4) is 0 Å². The van der Waals surface area contributed by atoms with E-state index in [1.165, 1.54) is 0 Å². The van der Waals surface area contributed by atoms with E-state index in [9.17, 15) is 0 Å². The number of guanidine groups is 1. The zero-order chi connectivity index (χ0) is 11.8. The van der Waals surface area contributed by atoms with Crippen molar-refractivity contribution in [3.63, 3.8) is 0 Å². The van der Waals surface area contributed by atoms with E-state index in [1.807, 2.05) is 26.8 Å². The van der Waals surface area contributed by atoms with Gasteiger partial charge in [0.15, 0.2) is 5.96 Å². The fourth-order valence-corrected chi connectivity index (χ4v) is 1.26. The Bertz CT molecular complexity index is 345. The van der Waals surface area contributed by atoms with E-state index in [-0.39, 0.29) is 24.0 Å². The first-order valence-corrected chi connectivity index (χ1v) is 5.57. The van der Waals surface area contributed by atoms with Crippen LogP contribution < -0.4 is 10.6 Å². The van der Waals surface area contributed by atoms with Gasteiger partial charge in [0.05, 0.1) is 12.2 Å². The number of nitrogens with zero attached hydrogens (tertiary/aromatic N) is 3. The Hall–Kier alpha value is -0.920. The fraction of sp³-hybridized carbons (Fsp3) is 0.545. The fourth-order valence-electron chi connectivity index (χ4n) is 1.26. The van der Waals surface area contributed by atoms with Crippen LogP contribution in [0.5, 0.6) is 0 Å². The summed E-state index contributed by atoms with van der Waals surface area (Å²) in [6, 6.07) is 1.88. The van der Waals surface area contributed by atoms with Crippen LogP contribution in [-0.4, -0.2) is 29.0 Å². The molecule has 0 aliphatic heterocycles. The van der Waals surface area contributed by atoms with Gasteiger partial charge in [-0.2, -0.15) is 0 Å². The molecule has 96 valence electrons. The molecule has 0 radical (unpaired) electrons. The molecule has 1 aromatic rings. The van der Waals surface area contributed by atoms with Crippen LogP contribution in [0.25, 0.3) is 0 Å². The van der Waals surface area contributed by atoms with Crippen molar-refractivity contribution in [3.05, 3.63) is 23.8 Å². The number of aryl methyl sites for hydroxylation is 1. The van der Waals surface area contributed by atoms with Gasteiger partial charge in [-0.1, -0.05) is 0 Å². The molecule has 0 fully saturated rings. The first kappa shape index (κ1) is 16.1. The average molecular weight is 349 g/mol. The second-order valence-electron chi connectivity index (χ2n) is 3.32. The Morgan fingerprint density at radius 1 is 1.29 bits per heavy atom. The van der Waals surface area contributed by atoms with E-state index in [0.717, 1.165) is 30.6 Å². The number of rotatable bonds is 4. The molecule has 0 saturated heterocycles. The zero-order valence-electron chi connectivity index (χ0n) is 10.5. The number of aliphatic imine (C=N–C) groups is 1. The quantitative estimate of drug-likeness (QED) is 0.491. The minimum Gasteiger partial charge on any atom is -0.357 e. The minimum atomic E-state index is 0. The highest BCUT2D eigenvalue weighted by molar-refractivity contribution is 14.0. The lowest BCUT2D eigenvalue weighted by molar-refractivity contribution is 0.829. The van der Waals surface area contributed by atoms with Gasteiger partial charge in [-0.3, -0.25) is 0 Å². The molecule has 0 atom stereocenters. The molecule has 0 aliphatic rings. The Morgan fingerprint density at radius 3 is 2.47 bits per heavy atom. The van der Waals surface area contributed by atoms with Gasteiger partial charge < -0.3 is 10.6 Å². The lowest BCUT2D eigenvalue weighted by atomic mass is 10.4. The van der Waals surface area contributed by atoms with E-state index < -0.39 is 0 Å². The maximum atomic E-state index is 4.42. The van der Waals surface area contributed by atoms with Crippen molar-refractivity contribution >= 4 is 29.9 Å². The van der Waals surface area contributed by atoms with Crippen molar-refractivity contribution in [3.8, 4) is 0 Å². The summed E-state index contributed by atoms with van der Waals surface area (Å²) in [6.45, 7) is 8.24. The molecule has 2 N–H and O–H groups in total. The number of aromatic nitrogens is 2. The van der Waals surface area contributed by atoms with Crippen LogP contribution in [0.2, 0.25) is 0 Å². The molecule has 1 heterocycles. The third-order valence-electron chi connectivity index (χ3n) is 1.92. The van der Waals surface area contributed by atoms with Crippen LogP contribution >= 0.6 is 24.0 Å². The zero-order valence-corrected chi connectivity index (χ0v) is 12.9. The lowest BCUT2D eigenvalue weighted by Gasteiger charge is -2.08. The minimum absolute atomic E-state index is 0. The number of hydrogen-bond donors (Lipinski definition) is 2.